The lowest BCUT2D eigenvalue weighted by Gasteiger charge is -2.22. The molecule has 2 N–H and O–H groups in total. The fourth-order valence-corrected chi connectivity index (χ4v) is 2.77. The Morgan fingerprint density at radius 3 is 2.48 bits per heavy atom. The van der Waals surface area contributed by atoms with Crippen LogP contribution in [0.1, 0.15) is 22.3 Å². The number of benzene rings is 2. The van der Waals surface area contributed by atoms with Crippen LogP contribution in [0.4, 0.5) is 5.69 Å². The molecule has 0 spiro atoms. The molecule has 4 heteroatoms. The summed E-state index contributed by atoms with van der Waals surface area (Å²) >= 11 is 11.3. The fraction of sp³-hybridized carbons (Fsp3) is 0.235. The average Bonchev–Trinajstić information content (AvgIpc) is 2.40. The summed E-state index contributed by atoms with van der Waals surface area (Å²) in [6.07, 6.45) is 0. The van der Waals surface area contributed by atoms with Crippen molar-refractivity contribution in [3.8, 4) is 0 Å². The Kier molecular flexibility index (Phi) is 4.86. The van der Waals surface area contributed by atoms with Crippen molar-refractivity contribution in [3.05, 3.63) is 63.7 Å². The van der Waals surface area contributed by atoms with E-state index in [4.69, 9.17) is 29.6 Å². The Bertz CT molecular complexity index is 682. The van der Waals surface area contributed by atoms with Gasteiger partial charge in [0.1, 0.15) is 4.99 Å². The summed E-state index contributed by atoms with van der Waals surface area (Å²) in [4.78, 5) is 2.56. The normalized spacial score (nSPS) is 10.5. The third-order valence-electron chi connectivity index (χ3n) is 3.51. The van der Waals surface area contributed by atoms with Gasteiger partial charge >= 0.3 is 0 Å². The molecule has 0 aliphatic carbocycles. The van der Waals surface area contributed by atoms with Gasteiger partial charge in [-0.05, 0) is 37.1 Å². The van der Waals surface area contributed by atoms with Gasteiger partial charge in [0.2, 0.25) is 0 Å². The number of thiocarbonyl (C=S) groups is 1. The van der Waals surface area contributed by atoms with Crippen molar-refractivity contribution in [1.29, 1.82) is 0 Å². The third-order valence-corrected chi connectivity index (χ3v) is 4.10. The molecule has 0 unspecified atom stereocenters. The zero-order valence-electron chi connectivity index (χ0n) is 12.5. The molecule has 0 aromatic heterocycles. The van der Waals surface area contributed by atoms with E-state index in [9.17, 15) is 0 Å². The molecule has 0 aliphatic rings. The Hall–Kier alpha value is -1.58. The number of rotatable bonds is 4. The second-order valence-electron chi connectivity index (χ2n) is 5.32. The number of hydrogen-bond donors (Lipinski definition) is 1. The van der Waals surface area contributed by atoms with Crippen LogP contribution in [0.15, 0.2) is 36.4 Å². The van der Waals surface area contributed by atoms with E-state index in [2.05, 4.69) is 44.0 Å². The highest BCUT2D eigenvalue weighted by Crippen LogP contribution is 2.25. The molecule has 0 bridgehead atoms. The second-order valence-corrected chi connectivity index (χ2v) is 6.16. The van der Waals surface area contributed by atoms with Gasteiger partial charge in [0.25, 0.3) is 0 Å². The van der Waals surface area contributed by atoms with E-state index in [-0.39, 0.29) is 0 Å². The molecule has 0 fully saturated rings. The lowest BCUT2D eigenvalue weighted by Crippen LogP contribution is -2.18. The van der Waals surface area contributed by atoms with Crippen LogP contribution >= 0.6 is 23.8 Å². The monoisotopic (exact) mass is 318 g/mol. The SMILES string of the molecule is Cc1ccc(N(C)Cc2ccc(C(N)=S)cc2Cl)c(C)c1. The van der Waals surface area contributed by atoms with Crippen LogP contribution in [0.3, 0.4) is 0 Å². The highest BCUT2D eigenvalue weighted by Gasteiger charge is 2.09. The molecule has 0 atom stereocenters. The highest BCUT2D eigenvalue weighted by atomic mass is 35.5. The van der Waals surface area contributed by atoms with Gasteiger partial charge in [0.15, 0.2) is 0 Å². The summed E-state index contributed by atoms with van der Waals surface area (Å²) in [6.45, 7) is 4.96. The van der Waals surface area contributed by atoms with Gasteiger partial charge in [0, 0.05) is 29.9 Å². The van der Waals surface area contributed by atoms with Gasteiger partial charge in [-0.2, -0.15) is 0 Å². The first-order chi connectivity index (χ1) is 9.88. The molecule has 0 saturated carbocycles. The summed E-state index contributed by atoms with van der Waals surface area (Å²) in [5.74, 6) is 0. The molecule has 110 valence electrons. The van der Waals surface area contributed by atoms with Gasteiger partial charge in [-0.3, -0.25) is 0 Å². The number of hydrogen-bond acceptors (Lipinski definition) is 2. The molecule has 0 aliphatic heterocycles. The molecule has 0 saturated heterocycles. The molecule has 2 nitrogen and oxygen atoms in total. The van der Waals surface area contributed by atoms with Crippen molar-refractivity contribution in [1.82, 2.24) is 0 Å². The number of anilines is 1. The summed E-state index contributed by atoms with van der Waals surface area (Å²) < 4.78 is 0. The van der Waals surface area contributed by atoms with Crippen molar-refractivity contribution in [2.75, 3.05) is 11.9 Å². The molecule has 0 amide bonds. The highest BCUT2D eigenvalue weighted by molar-refractivity contribution is 7.80. The molecule has 0 radical (unpaired) electrons. The van der Waals surface area contributed by atoms with Crippen LogP contribution < -0.4 is 10.6 Å². The first-order valence-corrected chi connectivity index (χ1v) is 7.53. The average molecular weight is 319 g/mol. The molecule has 21 heavy (non-hydrogen) atoms. The van der Waals surface area contributed by atoms with Crippen LogP contribution in [0, 0.1) is 13.8 Å². The van der Waals surface area contributed by atoms with E-state index in [0.29, 0.717) is 10.0 Å². The van der Waals surface area contributed by atoms with Crippen molar-refractivity contribution in [2.24, 2.45) is 5.73 Å². The van der Waals surface area contributed by atoms with Gasteiger partial charge in [-0.15, -0.1) is 0 Å². The molecule has 0 heterocycles. The summed E-state index contributed by atoms with van der Waals surface area (Å²) in [7, 11) is 2.06. The van der Waals surface area contributed by atoms with E-state index in [0.717, 1.165) is 17.7 Å². The summed E-state index contributed by atoms with van der Waals surface area (Å²) in [5.41, 5.74) is 11.2. The van der Waals surface area contributed by atoms with Crippen molar-refractivity contribution < 1.29 is 0 Å². The van der Waals surface area contributed by atoms with Crippen LogP contribution in [0.25, 0.3) is 0 Å². The van der Waals surface area contributed by atoms with Gasteiger partial charge in [0.05, 0.1) is 0 Å². The van der Waals surface area contributed by atoms with Crippen LogP contribution in [0.5, 0.6) is 0 Å². The topological polar surface area (TPSA) is 29.3 Å². The molecule has 2 aromatic carbocycles. The first kappa shape index (κ1) is 15.8. The zero-order chi connectivity index (χ0) is 15.6. The summed E-state index contributed by atoms with van der Waals surface area (Å²) in [6, 6.07) is 12.2. The Morgan fingerprint density at radius 1 is 1.19 bits per heavy atom. The maximum atomic E-state index is 6.33. The molecule has 2 rings (SSSR count). The van der Waals surface area contributed by atoms with Gasteiger partial charge < -0.3 is 10.6 Å². The quantitative estimate of drug-likeness (QED) is 0.855. The predicted molar refractivity (Wildman–Crippen MR) is 95.4 cm³/mol. The third kappa shape index (κ3) is 3.74. The van der Waals surface area contributed by atoms with Crippen molar-refractivity contribution in [3.63, 3.8) is 0 Å². The van der Waals surface area contributed by atoms with Crippen molar-refractivity contribution >= 4 is 34.5 Å². The van der Waals surface area contributed by atoms with E-state index in [1.807, 2.05) is 18.2 Å². The van der Waals surface area contributed by atoms with Crippen molar-refractivity contribution in [2.45, 2.75) is 20.4 Å². The predicted octanol–water partition coefficient (Wildman–Crippen LogP) is 4.23. The van der Waals surface area contributed by atoms with E-state index >= 15 is 0 Å². The van der Waals surface area contributed by atoms with Crippen LogP contribution in [-0.4, -0.2) is 12.0 Å². The molecular weight excluding hydrogens is 300 g/mol. The number of nitrogens with two attached hydrogens (primary N) is 1. The maximum absolute atomic E-state index is 6.33. The minimum atomic E-state index is 0.367. The fourth-order valence-electron chi connectivity index (χ4n) is 2.40. The lowest BCUT2D eigenvalue weighted by atomic mass is 10.1. The Balaban J connectivity index is 2.23. The number of aryl methyl sites for hydroxylation is 2. The Labute approximate surface area is 136 Å². The van der Waals surface area contributed by atoms with Crippen LogP contribution in [0.2, 0.25) is 5.02 Å². The molecule has 2 aromatic rings. The first-order valence-electron chi connectivity index (χ1n) is 6.75. The van der Waals surface area contributed by atoms with Crippen LogP contribution in [-0.2, 0) is 6.54 Å². The largest absolute Gasteiger partial charge is 0.389 e. The Morgan fingerprint density at radius 2 is 1.90 bits per heavy atom. The minimum Gasteiger partial charge on any atom is -0.389 e. The standard InChI is InChI=1S/C17H19ClN2S/c1-11-4-7-16(12(2)8-11)20(3)10-14-6-5-13(17(19)21)9-15(14)18/h4-9H,10H2,1-3H3,(H2,19,21). The van der Waals surface area contributed by atoms with E-state index in [1.165, 1.54) is 16.8 Å². The smallest absolute Gasteiger partial charge is 0.104 e. The maximum Gasteiger partial charge on any atom is 0.104 e. The second kappa shape index (κ2) is 6.46. The van der Waals surface area contributed by atoms with Gasteiger partial charge in [-0.25, -0.2) is 0 Å². The van der Waals surface area contributed by atoms with E-state index in [1.54, 1.807) is 0 Å². The van der Waals surface area contributed by atoms with Gasteiger partial charge in [-0.1, -0.05) is 53.6 Å². The lowest BCUT2D eigenvalue weighted by molar-refractivity contribution is 0.917. The zero-order valence-corrected chi connectivity index (χ0v) is 14.1. The summed E-state index contributed by atoms with van der Waals surface area (Å²) in [5, 5.41) is 0.692. The number of nitrogens with zero attached hydrogens (tertiary/aromatic N) is 1. The molecular formula is C17H19ClN2S. The number of halogens is 1. The minimum absolute atomic E-state index is 0.367. The van der Waals surface area contributed by atoms with E-state index < -0.39 is 0 Å².